The number of phenolic OH excluding ortho intramolecular Hbond substituents is 1. The molecule has 1 atom stereocenters. The van der Waals surface area contributed by atoms with Gasteiger partial charge in [0.25, 0.3) is 0 Å². The number of nitrogens with one attached hydrogen (secondary N) is 1. The first-order valence-electron chi connectivity index (χ1n) is 8.91. The van der Waals surface area contributed by atoms with Crippen molar-refractivity contribution in [2.45, 2.75) is 38.3 Å². The maximum atomic E-state index is 11.2. The van der Waals surface area contributed by atoms with Gasteiger partial charge in [-0.3, -0.25) is 4.55 Å². The molecule has 2 aromatic carbocycles. The minimum atomic E-state index is -4.63. The molecule has 0 radical (unpaired) electrons. The largest absolute Gasteiger partial charge is 0.508 e. The molecule has 0 spiro atoms. The van der Waals surface area contributed by atoms with E-state index in [9.17, 15) is 13.5 Å². The fourth-order valence-electron chi connectivity index (χ4n) is 2.86. The molecular formula is C20H27NO6S. The Labute approximate surface area is 166 Å². The van der Waals surface area contributed by atoms with Crippen LogP contribution in [0.1, 0.15) is 37.5 Å². The second-order valence-corrected chi connectivity index (χ2v) is 8.23. The predicted molar refractivity (Wildman–Crippen MR) is 107 cm³/mol. The van der Waals surface area contributed by atoms with Gasteiger partial charge in [-0.15, -0.1) is 0 Å². The summed E-state index contributed by atoms with van der Waals surface area (Å²) in [5.74, 6) is 0.884. The monoisotopic (exact) mass is 409 g/mol. The van der Waals surface area contributed by atoms with E-state index in [0.717, 1.165) is 24.2 Å². The lowest BCUT2D eigenvalue weighted by Crippen LogP contribution is -2.42. The number of methoxy groups -OCH3 is 1. The van der Waals surface area contributed by atoms with Crippen LogP contribution in [0, 0.1) is 0 Å². The van der Waals surface area contributed by atoms with Crippen molar-refractivity contribution in [3.8, 4) is 11.5 Å². The van der Waals surface area contributed by atoms with E-state index in [0.29, 0.717) is 5.56 Å². The molecule has 0 saturated carbocycles. The van der Waals surface area contributed by atoms with Crippen LogP contribution in [-0.4, -0.2) is 37.3 Å². The average molecular weight is 410 g/mol. The maximum absolute atomic E-state index is 11.2. The van der Waals surface area contributed by atoms with Gasteiger partial charge in [-0.25, -0.2) is 4.18 Å². The first-order valence-corrected chi connectivity index (χ1v) is 10.3. The topological polar surface area (TPSA) is 105 Å². The van der Waals surface area contributed by atoms with Crippen molar-refractivity contribution in [2.75, 3.05) is 13.7 Å². The second kappa shape index (κ2) is 9.38. The Kier molecular flexibility index (Phi) is 7.42. The third-order valence-corrected chi connectivity index (χ3v) is 4.96. The van der Waals surface area contributed by atoms with Gasteiger partial charge in [0.1, 0.15) is 17.6 Å². The quantitative estimate of drug-likeness (QED) is 0.517. The normalized spacial score (nSPS) is 13.3. The van der Waals surface area contributed by atoms with Crippen LogP contribution in [0.3, 0.4) is 0 Å². The molecule has 0 aliphatic carbocycles. The molecule has 0 amide bonds. The van der Waals surface area contributed by atoms with E-state index >= 15 is 0 Å². The zero-order chi connectivity index (χ0) is 20.8. The van der Waals surface area contributed by atoms with Crippen molar-refractivity contribution < 1.29 is 27.0 Å². The Hall–Kier alpha value is -2.13. The van der Waals surface area contributed by atoms with Gasteiger partial charge >= 0.3 is 10.4 Å². The summed E-state index contributed by atoms with van der Waals surface area (Å²) in [6, 6.07) is 13.8. The number of rotatable bonds is 10. The molecular weight excluding hydrogens is 382 g/mol. The summed E-state index contributed by atoms with van der Waals surface area (Å²) in [4.78, 5) is 0. The third kappa shape index (κ3) is 7.12. The molecule has 0 fully saturated rings. The first-order chi connectivity index (χ1) is 13.1. The molecule has 0 saturated heterocycles. The molecule has 154 valence electrons. The fraction of sp³-hybridized carbons (Fsp3) is 0.400. The molecule has 1 unspecified atom stereocenters. The summed E-state index contributed by atoms with van der Waals surface area (Å²) >= 11 is 0. The Morgan fingerprint density at radius 3 is 2.36 bits per heavy atom. The maximum Gasteiger partial charge on any atom is 0.397 e. The molecule has 0 aliphatic heterocycles. The molecule has 0 aliphatic rings. The van der Waals surface area contributed by atoms with Crippen LogP contribution < -0.4 is 10.1 Å². The van der Waals surface area contributed by atoms with Gasteiger partial charge in [0.2, 0.25) is 0 Å². The Balaban J connectivity index is 2.04. The van der Waals surface area contributed by atoms with Crippen molar-refractivity contribution in [1.82, 2.24) is 5.32 Å². The van der Waals surface area contributed by atoms with Crippen LogP contribution in [0.25, 0.3) is 0 Å². The Morgan fingerprint density at radius 2 is 1.75 bits per heavy atom. The van der Waals surface area contributed by atoms with Crippen molar-refractivity contribution in [1.29, 1.82) is 0 Å². The summed E-state index contributed by atoms with van der Waals surface area (Å²) in [6.45, 7) is 4.16. The van der Waals surface area contributed by atoms with E-state index in [1.54, 1.807) is 19.2 Å². The Bertz CT molecular complexity index is 865. The zero-order valence-electron chi connectivity index (χ0n) is 16.3. The van der Waals surface area contributed by atoms with Gasteiger partial charge in [0.05, 0.1) is 7.11 Å². The van der Waals surface area contributed by atoms with Crippen molar-refractivity contribution in [3.05, 3.63) is 59.7 Å². The summed E-state index contributed by atoms with van der Waals surface area (Å²) in [6.07, 6.45) is 0.607. The van der Waals surface area contributed by atoms with Gasteiger partial charge in [-0.05, 0) is 56.0 Å². The lowest BCUT2D eigenvalue weighted by atomic mass is 9.94. The van der Waals surface area contributed by atoms with Crippen LogP contribution in [-0.2, 0) is 21.0 Å². The minimum Gasteiger partial charge on any atom is -0.508 e. The molecule has 0 aromatic heterocycles. The van der Waals surface area contributed by atoms with Gasteiger partial charge in [-0.2, -0.15) is 8.42 Å². The van der Waals surface area contributed by atoms with E-state index in [1.165, 1.54) is 12.1 Å². The molecule has 2 rings (SSSR count). The summed E-state index contributed by atoms with van der Waals surface area (Å²) in [7, 11) is -3.00. The van der Waals surface area contributed by atoms with Crippen LogP contribution in [0.5, 0.6) is 11.5 Å². The van der Waals surface area contributed by atoms with Crippen LogP contribution >= 0.6 is 0 Å². The molecule has 0 heterocycles. The van der Waals surface area contributed by atoms with E-state index < -0.39 is 16.5 Å². The number of phenols is 1. The molecule has 7 nitrogen and oxygen atoms in total. The molecule has 2 aromatic rings. The molecule has 0 bridgehead atoms. The number of aromatic hydroxyl groups is 1. The highest BCUT2D eigenvalue weighted by Crippen LogP contribution is 2.25. The number of aryl methyl sites for hydroxylation is 1. The number of ether oxygens (including phenoxy) is 1. The molecule has 8 heteroatoms. The van der Waals surface area contributed by atoms with Crippen LogP contribution in [0.15, 0.2) is 48.5 Å². The van der Waals surface area contributed by atoms with E-state index in [-0.39, 0.29) is 17.8 Å². The lowest BCUT2D eigenvalue weighted by molar-refractivity contribution is 0.167. The summed E-state index contributed by atoms with van der Waals surface area (Å²) < 4.78 is 41.8. The summed E-state index contributed by atoms with van der Waals surface area (Å²) in [5, 5.41) is 12.7. The van der Waals surface area contributed by atoms with Crippen molar-refractivity contribution >= 4 is 10.4 Å². The zero-order valence-corrected chi connectivity index (χ0v) is 17.1. The fourth-order valence-corrected chi connectivity index (χ4v) is 3.33. The van der Waals surface area contributed by atoms with Gasteiger partial charge in [0.15, 0.2) is 0 Å². The number of benzene rings is 2. The minimum absolute atomic E-state index is 0.0550. The first kappa shape index (κ1) is 22.2. The molecule has 3 N–H and O–H groups in total. The highest BCUT2D eigenvalue weighted by molar-refractivity contribution is 7.80. The van der Waals surface area contributed by atoms with Crippen molar-refractivity contribution in [2.24, 2.45) is 0 Å². The van der Waals surface area contributed by atoms with E-state index in [2.05, 4.69) is 5.32 Å². The number of para-hydroxylation sites is 1. The van der Waals surface area contributed by atoms with Crippen LogP contribution in [0.2, 0.25) is 0 Å². The van der Waals surface area contributed by atoms with Gasteiger partial charge in [0, 0.05) is 12.1 Å². The van der Waals surface area contributed by atoms with E-state index in [4.69, 9.17) is 13.5 Å². The third-order valence-electron chi connectivity index (χ3n) is 4.48. The Morgan fingerprint density at radius 1 is 1.11 bits per heavy atom. The number of hydrogen-bond acceptors (Lipinski definition) is 6. The highest BCUT2D eigenvalue weighted by Gasteiger charge is 2.24. The second-order valence-electron chi connectivity index (χ2n) is 7.18. The van der Waals surface area contributed by atoms with Gasteiger partial charge in [-0.1, -0.05) is 30.3 Å². The number of hydrogen-bond donors (Lipinski definition) is 3. The lowest BCUT2D eigenvalue weighted by Gasteiger charge is -2.29. The smallest absolute Gasteiger partial charge is 0.397 e. The average Bonchev–Trinajstić information content (AvgIpc) is 2.63. The van der Waals surface area contributed by atoms with Crippen molar-refractivity contribution in [3.63, 3.8) is 0 Å². The predicted octanol–water partition coefficient (Wildman–Crippen LogP) is 3.26. The standard InChI is InChI=1S/C20H27NO6S/c1-20(2,13-12-15-6-4-5-7-18(15)26-3)21-14-19(27-28(23,24)25)16-8-10-17(22)11-9-16/h4-11,19,21-22H,12-14H2,1-3H3,(H,23,24,25). The van der Waals surface area contributed by atoms with Crippen LogP contribution in [0.4, 0.5) is 0 Å². The SMILES string of the molecule is COc1ccccc1CCC(C)(C)NCC(OS(=O)(=O)O)c1ccc(O)cc1. The molecule has 28 heavy (non-hydrogen) atoms. The van der Waals surface area contributed by atoms with E-state index in [1.807, 2.05) is 38.1 Å². The van der Waals surface area contributed by atoms with Gasteiger partial charge < -0.3 is 15.2 Å². The highest BCUT2D eigenvalue weighted by atomic mass is 32.3. The summed E-state index contributed by atoms with van der Waals surface area (Å²) in [5.41, 5.74) is 1.27.